The summed E-state index contributed by atoms with van der Waals surface area (Å²) in [6.45, 7) is 6.99. The number of hydrogen-bond acceptors (Lipinski definition) is 5. The maximum atomic E-state index is 5.90. The van der Waals surface area contributed by atoms with Crippen molar-refractivity contribution in [2.75, 3.05) is 13.1 Å². The van der Waals surface area contributed by atoms with E-state index in [0.29, 0.717) is 5.92 Å². The molecule has 2 atom stereocenters. The van der Waals surface area contributed by atoms with Crippen molar-refractivity contribution in [1.82, 2.24) is 15.0 Å². The number of nitrogens with two attached hydrogens (primary N) is 1. The molecule has 1 aromatic rings. The van der Waals surface area contributed by atoms with Gasteiger partial charge in [-0.15, -0.1) is 0 Å². The first-order valence-corrected chi connectivity index (χ1v) is 5.98. The van der Waals surface area contributed by atoms with E-state index in [4.69, 9.17) is 10.3 Å². The van der Waals surface area contributed by atoms with Crippen LogP contribution in [0.25, 0.3) is 0 Å². The summed E-state index contributed by atoms with van der Waals surface area (Å²) < 4.78 is 5.18. The van der Waals surface area contributed by atoms with Crippen molar-refractivity contribution in [3.05, 3.63) is 11.7 Å². The van der Waals surface area contributed by atoms with Crippen LogP contribution in [0.1, 0.15) is 32.0 Å². The molecule has 0 aliphatic carbocycles. The van der Waals surface area contributed by atoms with E-state index < -0.39 is 0 Å². The molecule has 0 aromatic carbocycles. The lowest BCUT2D eigenvalue weighted by Gasteiger charge is -2.15. The Morgan fingerprint density at radius 2 is 2.44 bits per heavy atom. The van der Waals surface area contributed by atoms with E-state index >= 15 is 0 Å². The molecule has 0 spiro atoms. The van der Waals surface area contributed by atoms with Crippen molar-refractivity contribution in [3.63, 3.8) is 0 Å². The van der Waals surface area contributed by atoms with E-state index in [1.807, 2.05) is 6.92 Å². The third kappa shape index (κ3) is 2.59. The molecule has 0 bridgehead atoms. The summed E-state index contributed by atoms with van der Waals surface area (Å²) in [7, 11) is 0. The van der Waals surface area contributed by atoms with Crippen LogP contribution in [0.2, 0.25) is 0 Å². The largest absolute Gasteiger partial charge is 0.338 e. The maximum absolute atomic E-state index is 5.90. The molecule has 1 aliphatic rings. The van der Waals surface area contributed by atoms with Crippen LogP contribution in [0.4, 0.5) is 0 Å². The van der Waals surface area contributed by atoms with Crippen LogP contribution in [0.15, 0.2) is 4.52 Å². The molecule has 1 aliphatic heterocycles. The number of aryl methyl sites for hydroxylation is 1. The Kier molecular flexibility index (Phi) is 3.56. The Hall–Kier alpha value is -0.940. The Morgan fingerprint density at radius 1 is 1.62 bits per heavy atom. The van der Waals surface area contributed by atoms with Gasteiger partial charge in [-0.1, -0.05) is 12.1 Å². The molecule has 2 rings (SSSR count). The molecular formula is C11H20N4O. The monoisotopic (exact) mass is 224 g/mol. The number of aromatic nitrogens is 2. The fourth-order valence-corrected chi connectivity index (χ4v) is 2.12. The van der Waals surface area contributed by atoms with Crippen LogP contribution < -0.4 is 5.73 Å². The highest BCUT2D eigenvalue weighted by molar-refractivity contribution is 4.88. The molecule has 0 amide bonds. The van der Waals surface area contributed by atoms with Gasteiger partial charge in [-0.25, -0.2) is 0 Å². The second-order valence-corrected chi connectivity index (χ2v) is 4.60. The first-order valence-electron chi connectivity index (χ1n) is 5.98. The molecule has 0 radical (unpaired) electrons. The van der Waals surface area contributed by atoms with Crippen LogP contribution in [0.5, 0.6) is 0 Å². The Labute approximate surface area is 96.0 Å². The third-order valence-electron chi connectivity index (χ3n) is 3.24. The average Bonchev–Trinajstić information content (AvgIpc) is 2.87. The van der Waals surface area contributed by atoms with Gasteiger partial charge in [0.05, 0.1) is 6.54 Å². The zero-order valence-electron chi connectivity index (χ0n) is 10.0. The molecule has 5 heteroatoms. The highest BCUT2D eigenvalue weighted by Crippen LogP contribution is 2.20. The maximum Gasteiger partial charge on any atom is 0.240 e. The first kappa shape index (κ1) is 11.5. The number of likely N-dealkylation sites (tertiary alicyclic amines) is 1. The highest BCUT2D eigenvalue weighted by Gasteiger charge is 2.26. The fraction of sp³-hybridized carbons (Fsp3) is 0.818. The molecule has 2 heterocycles. The van der Waals surface area contributed by atoms with Gasteiger partial charge in [-0.05, 0) is 25.8 Å². The summed E-state index contributed by atoms with van der Waals surface area (Å²) in [5, 5.41) is 3.89. The number of hydrogen-bond donors (Lipinski definition) is 1. The van der Waals surface area contributed by atoms with E-state index in [1.165, 1.54) is 6.42 Å². The predicted molar refractivity (Wildman–Crippen MR) is 60.7 cm³/mol. The van der Waals surface area contributed by atoms with E-state index in [1.54, 1.807) is 0 Å². The summed E-state index contributed by atoms with van der Waals surface area (Å²) in [4.78, 5) is 6.65. The van der Waals surface area contributed by atoms with E-state index in [9.17, 15) is 0 Å². The zero-order valence-corrected chi connectivity index (χ0v) is 10.0. The zero-order chi connectivity index (χ0) is 11.5. The van der Waals surface area contributed by atoms with Crippen LogP contribution in [-0.2, 0) is 13.0 Å². The second kappa shape index (κ2) is 4.93. The third-order valence-corrected chi connectivity index (χ3v) is 3.24. The molecule has 2 unspecified atom stereocenters. The van der Waals surface area contributed by atoms with Gasteiger partial charge in [-0.3, -0.25) is 4.90 Å². The molecule has 90 valence electrons. The van der Waals surface area contributed by atoms with Gasteiger partial charge in [0.15, 0.2) is 5.82 Å². The standard InChI is InChI=1S/C11H20N4O/c1-3-10-13-11(16-14-10)7-15-5-4-9(6-15)8(2)12/h8-9H,3-7,12H2,1-2H3. The van der Waals surface area contributed by atoms with Crippen molar-refractivity contribution in [2.45, 2.75) is 39.3 Å². The van der Waals surface area contributed by atoms with Crippen LogP contribution in [0.3, 0.4) is 0 Å². The molecule has 16 heavy (non-hydrogen) atoms. The van der Waals surface area contributed by atoms with E-state index in [-0.39, 0.29) is 6.04 Å². The smallest absolute Gasteiger partial charge is 0.240 e. The van der Waals surface area contributed by atoms with Crippen molar-refractivity contribution in [2.24, 2.45) is 11.7 Å². The van der Waals surface area contributed by atoms with Crippen LogP contribution in [0, 0.1) is 5.92 Å². The molecule has 0 saturated carbocycles. The van der Waals surface area contributed by atoms with Gasteiger partial charge in [0, 0.05) is 19.0 Å². The minimum absolute atomic E-state index is 0.277. The van der Waals surface area contributed by atoms with E-state index in [0.717, 1.165) is 37.8 Å². The van der Waals surface area contributed by atoms with Crippen molar-refractivity contribution in [3.8, 4) is 0 Å². The lowest BCUT2D eigenvalue weighted by Crippen LogP contribution is -2.29. The fourth-order valence-electron chi connectivity index (χ4n) is 2.12. The summed E-state index contributed by atoms with van der Waals surface area (Å²) in [6, 6.07) is 0.277. The van der Waals surface area contributed by atoms with Gasteiger partial charge in [-0.2, -0.15) is 4.98 Å². The topological polar surface area (TPSA) is 68.2 Å². The normalized spacial score (nSPS) is 23.8. The highest BCUT2D eigenvalue weighted by atomic mass is 16.5. The summed E-state index contributed by atoms with van der Waals surface area (Å²) in [5.74, 6) is 2.12. The van der Waals surface area contributed by atoms with E-state index in [2.05, 4.69) is 22.0 Å². The van der Waals surface area contributed by atoms with Crippen LogP contribution in [-0.4, -0.2) is 34.2 Å². The summed E-state index contributed by atoms with van der Waals surface area (Å²) >= 11 is 0. The Balaban J connectivity index is 1.87. The van der Waals surface area contributed by atoms with Gasteiger partial charge < -0.3 is 10.3 Å². The molecule has 2 N–H and O–H groups in total. The van der Waals surface area contributed by atoms with Crippen molar-refractivity contribution in [1.29, 1.82) is 0 Å². The summed E-state index contributed by atoms with van der Waals surface area (Å²) in [6.07, 6.45) is 2.00. The SMILES string of the molecule is CCc1noc(CN2CCC(C(C)N)C2)n1. The second-order valence-electron chi connectivity index (χ2n) is 4.60. The minimum Gasteiger partial charge on any atom is -0.338 e. The average molecular weight is 224 g/mol. The van der Waals surface area contributed by atoms with Crippen LogP contribution >= 0.6 is 0 Å². The Morgan fingerprint density at radius 3 is 3.00 bits per heavy atom. The minimum atomic E-state index is 0.277. The summed E-state index contributed by atoms with van der Waals surface area (Å²) in [5.41, 5.74) is 5.90. The van der Waals surface area contributed by atoms with Crippen molar-refractivity contribution >= 4 is 0 Å². The molecule has 1 aromatic heterocycles. The lowest BCUT2D eigenvalue weighted by atomic mass is 10.0. The predicted octanol–water partition coefficient (Wildman–Crippen LogP) is 0.801. The molecule has 1 saturated heterocycles. The van der Waals surface area contributed by atoms with Crippen molar-refractivity contribution < 1.29 is 4.52 Å². The van der Waals surface area contributed by atoms with Gasteiger partial charge in [0.1, 0.15) is 0 Å². The van der Waals surface area contributed by atoms with Gasteiger partial charge in [0.25, 0.3) is 0 Å². The number of nitrogens with zero attached hydrogens (tertiary/aromatic N) is 3. The quantitative estimate of drug-likeness (QED) is 0.819. The molecule has 5 nitrogen and oxygen atoms in total. The molecule has 1 fully saturated rings. The van der Waals surface area contributed by atoms with Gasteiger partial charge in [0.2, 0.25) is 5.89 Å². The molecular weight excluding hydrogens is 204 g/mol. The number of rotatable bonds is 4. The lowest BCUT2D eigenvalue weighted by molar-refractivity contribution is 0.256. The Bertz CT molecular complexity index is 336. The first-order chi connectivity index (χ1) is 7.69. The van der Waals surface area contributed by atoms with Gasteiger partial charge >= 0.3 is 0 Å².